The van der Waals surface area contributed by atoms with Crippen molar-refractivity contribution in [3.05, 3.63) is 29.8 Å². The summed E-state index contributed by atoms with van der Waals surface area (Å²) in [6.07, 6.45) is 2.93. The molecule has 1 aliphatic carbocycles. The van der Waals surface area contributed by atoms with Crippen molar-refractivity contribution in [2.75, 3.05) is 18.5 Å². The van der Waals surface area contributed by atoms with E-state index in [0.717, 1.165) is 23.3 Å². The highest BCUT2D eigenvalue weighted by molar-refractivity contribution is 6.07. The van der Waals surface area contributed by atoms with Crippen LogP contribution in [0.4, 0.5) is 10.5 Å². The lowest BCUT2D eigenvalue weighted by atomic mass is 9.98. The summed E-state index contributed by atoms with van der Waals surface area (Å²) < 4.78 is 4.94. The fourth-order valence-corrected chi connectivity index (χ4v) is 3.52. The Morgan fingerprint density at radius 2 is 1.93 bits per heavy atom. The van der Waals surface area contributed by atoms with Gasteiger partial charge in [0.15, 0.2) is 6.61 Å². The Hall–Kier alpha value is -2.90. The highest BCUT2D eigenvalue weighted by atomic mass is 16.5. The number of imide groups is 1. The van der Waals surface area contributed by atoms with E-state index in [-0.39, 0.29) is 18.9 Å². The minimum atomic E-state index is -0.783. The quantitative estimate of drug-likeness (QED) is 0.584. The van der Waals surface area contributed by atoms with Crippen molar-refractivity contribution in [2.24, 2.45) is 0 Å². The van der Waals surface area contributed by atoms with E-state index in [0.29, 0.717) is 18.5 Å². The normalized spacial score (nSPS) is 17.9. The Balaban J connectivity index is 1.43. The van der Waals surface area contributed by atoms with Crippen LogP contribution in [0.25, 0.3) is 0 Å². The number of nitrogens with zero attached hydrogens (tertiary/aromatic N) is 1. The monoisotopic (exact) mass is 373 g/mol. The first-order chi connectivity index (χ1) is 12.9. The Morgan fingerprint density at radius 3 is 2.63 bits per heavy atom. The first-order valence-corrected chi connectivity index (χ1v) is 9.06. The van der Waals surface area contributed by atoms with Gasteiger partial charge in [-0.05, 0) is 31.4 Å². The number of carbonyl (C=O) groups excluding carboxylic acids is 4. The fourth-order valence-electron chi connectivity index (χ4n) is 3.52. The Labute approximate surface area is 157 Å². The first kappa shape index (κ1) is 18.9. The van der Waals surface area contributed by atoms with E-state index in [1.54, 1.807) is 12.1 Å². The Morgan fingerprint density at radius 1 is 1.22 bits per heavy atom. The van der Waals surface area contributed by atoms with Crippen molar-refractivity contribution >= 4 is 29.5 Å². The number of aryl methyl sites for hydroxylation is 1. The van der Waals surface area contributed by atoms with Crippen LogP contribution in [0.1, 0.15) is 37.7 Å². The molecule has 0 bridgehead atoms. The molecule has 1 saturated carbocycles. The van der Waals surface area contributed by atoms with E-state index >= 15 is 0 Å². The molecule has 144 valence electrons. The summed E-state index contributed by atoms with van der Waals surface area (Å²) in [6, 6.07) is 6.80. The van der Waals surface area contributed by atoms with Gasteiger partial charge in [0.05, 0.1) is 6.42 Å². The molecule has 2 aliphatic rings. The second kappa shape index (κ2) is 7.77. The van der Waals surface area contributed by atoms with Crippen LogP contribution in [0.3, 0.4) is 0 Å². The number of rotatable bonds is 6. The number of para-hydroxylation sites is 1. The molecule has 1 saturated heterocycles. The summed E-state index contributed by atoms with van der Waals surface area (Å²) in [5.74, 6) is -1.35. The molecule has 3 rings (SSSR count). The average molecular weight is 373 g/mol. The minimum Gasteiger partial charge on any atom is -0.456 e. The molecule has 0 unspecified atom stereocenters. The summed E-state index contributed by atoms with van der Waals surface area (Å²) in [5, 5.41) is 5.42. The van der Waals surface area contributed by atoms with Crippen molar-refractivity contribution in [3.63, 3.8) is 0 Å². The zero-order chi connectivity index (χ0) is 19.4. The smallest absolute Gasteiger partial charge is 0.325 e. The van der Waals surface area contributed by atoms with Gasteiger partial charge in [0.1, 0.15) is 5.54 Å². The number of hydrogen-bond donors (Lipinski definition) is 2. The van der Waals surface area contributed by atoms with Gasteiger partial charge in [0.2, 0.25) is 0 Å². The number of hydrogen-bond acceptors (Lipinski definition) is 5. The van der Waals surface area contributed by atoms with Crippen LogP contribution >= 0.6 is 0 Å². The van der Waals surface area contributed by atoms with Crippen LogP contribution in [0.2, 0.25) is 0 Å². The standard InChI is InChI=1S/C19H23N3O5/c1-13-6-2-3-7-14(13)20-15(23)12-27-16(24)8-11-22-17(25)19(21-18(22)26)9-4-5-10-19/h2-3,6-7H,4-5,8-12H2,1H3,(H,20,23)(H,21,26). The van der Waals surface area contributed by atoms with Gasteiger partial charge in [-0.1, -0.05) is 31.0 Å². The van der Waals surface area contributed by atoms with E-state index in [1.807, 2.05) is 19.1 Å². The van der Waals surface area contributed by atoms with E-state index in [1.165, 1.54) is 0 Å². The first-order valence-electron chi connectivity index (χ1n) is 9.06. The lowest BCUT2D eigenvalue weighted by Crippen LogP contribution is -2.44. The molecule has 8 nitrogen and oxygen atoms in total. The van der Waals surface area contributed by atoms with Gasteiger partial charge in [-0.3, -0.25) is 19.3 Å². The zero-order valence-electron chi connectivity index (χ0n) is 15.2. The number of urea groups is 1. The predicted octanol–water partition coefficient (Wildman–Crippen LogP) is 1.73. The SMILES string of the molecule is Cc1ccccc1NC(=O)COC(=O)CCN1C(=O)NC2(CCCC2)C1=O. The number of benzene rings is 1. The maximum atomic E-state index is 12.5. The number of esters is 1. The lowest BCUT2D eigenvalue weighted by Gasteiger charge is -2.19. The lowest BCUT2D eigenvalue weighted by molar-refractivity contribution is -0.147. The zero-order valence-corrected chi connectivity index (χ0v) is 15.2. The summed E-state index contributed by atoms with van der Waals surface area (Å²) in [6.45, 7) is 1.39. The van der Waals surface area contributed by atoms with Crippen LogP contribution in [-0.2, 0) is 19.1 Å². The summed E-state index contributed by atoms with van der Waals surface area (Å²) in [4.78, 5) is 49.4. The van der Waals surface area contributed by atoms with E-state index < -0.39 is 30.1 Å². The molecule has 0 aromatic heterocycles. The van der Waals surface area contributed by atoms with Gasteiger partial charge < -0.3 is 15.4 Å². The Kier molecular flexibility index (Phi) is 5.43. The average Bonchev–Trinajstić information content (AvgIpc) is 3.19. The minimum absolute atomic E-state index is 0.0509. The van der Waals surface area contributed by atoms with Crippen LogP contribution in [0.15, 0.2) is 24.3 Å². The molecule has 0 atom stereocenters. The van der Waals surface area contributed by atoms with Crippen molar-refractivity contribution in [3.8, 4) is 0 Å². The molecule has 2 N–H and O–H groups in total. The van der Waals surface area contributed by atoms with Gasteiger partial charge in [0.25, 0.3) is 11.8 Å². The van der Waals surface area contributed by atoms with E-state index in [9.17, 15) is 19.2 Å². The van der Waals surface area contributed by atoms with Crippen molar-refractivity contribution < 1.29 is 23.9 Å². The Bertz CT molecular complexity index is 770. The number of amides is 4. The molecule has 1 aliphatic heterocycles. The number of nitrogens with one attached hydrogen (secondary N) is 2. The van der Waals surface area contributed by atoms with Crippen LogP contribution in [-0.4, -0.2) is 47.4 Å². The molecule has 0 radical (unpaired) electrons. The van der Waals surface area contributed by atoms with Gasteiger partial charge >= 0.3 is 12.0 Å². The largest absolute Gasteiger partial charge is 0.456 e. The van der Waals surface area contributed by atoms with Crippen LogP contribution in [0, 0.1) is 6.92 Å². The molecule has 27 heavy (non-hydrogen) atoms. The van der Waals surface area contributed by atoms with Crippen molar-refractivity contribution in [1.29, 1.82) is 0 Å². The third kappa shape index (κ3) is 4.10. The second-order valence-electron chi connectivity index (χ2n) is 6.95. The molecular formula is C19H23N3O5. The van der Waals surface area contributed by atoms with Gasteiger partial charge in [0, 0.05) is 12.2 Å². The second-order valence-corrected chi connectivity index (χ2v) is 6.95. The van der Waals surface area contributed by atoms with Crippen molar-refractivity contribution in [1.82, 2.24) is 10.2 Å². The highest BCUT2D eigenvalue weighted by Crippen LogP contribution is 2.35. The fraction of sp³-hybridized carbons (Fsp3) is 0.474. The predicted molar refractivity (Wildman–Crippen MR) is 96.8 cm³/mol. The molecule has 1 spiro atoms. The number of carbonyl (C=O) groups is 4. The van der Waals surface area contributed by atoms with E-state index in [2.05, 4.69) is 10.6 Å². The van der Waals surface area contributed by atoms with Gasteiger partial charge in [-0.15, -0.1) is 0 Å². The highest BCUT2D eigenvalue weighted by Gasteiger charge is 2.52. The maximum absolute atomic E-state index is 12.5. The molecule has 1 heterocycles. The molecular weight excluding hydrogens is 350 g/mol. The third-order valence-corrected chi connectivity index (χ3v) is 5.03. The maximum Gasteiger partial charge on any atom is 0.325 e. The molecule has 1 aromatic rings. The molecule has 4 amide bonds. The van der Waals surface area contributed by atoms with Gasteiger partial charge in [-0.25, -0.2) is 4.79 Å². The molecule has 2 fully saturated rings. The van der Waals surface area contributed by atoms with Crippen LogP contribution in [0.5, 0.6) is 0 Å². The summed E-state index contributed by atoms with van der Waals surface area (Å²) in [7, 11) is 0. The third-order valence-electron chi connectivity index (χ3n) is 5.03. The molecule has 8 heteroatoms. The summed E-state index contributed by atoms with van der Waals surface area (Å²) >= 11 is 0. The van der Waals surface area contributed by atoms with Crippen LogP contribution < -0.4 is 10.6 Å². The van der Waals surface area contributed by atoms with Crippen molar-refractivity contribution in [2.45, 2.75) is 44.6 Å². The number of anilines is 1. The number of ether oxygens (including phenoxy) is 1. The van der Waals surface area contributed by atoms with E-state index in [4.69, 9.17) is 4.74 Å². The summed E-state index contributed by atoms with van der Waals surface area (Å²) in [5.41, 5.74) is 0.769. The van der Waals surface area contributed by atoms with Gasteiger partial charge in [-0.2, -0.15) is 0 Å². The molecule has 1 aromatic carbocycles. The topological polar surface area (TPSA) is 105 Å².